The molecule has 0 aliphatic heterocycles. The van der Waals surface area contributed by atoms with Crippen molar-refractivity contribution in [2.45, 2.75) is 27.2 Å². The van der Waals surface area contributed by atoms with Gasteiger partial charge < -0.3 is 0 Å². The van der Waals surface area contributed by atoms with Gasteiger partial charge in [0.15, 0.2) is 0 Å². The molecule has 2 heteroatoms. The van der Waals surface area contributed by atoms with Crippen LogP contribution in [-0.4, -0.2) is 6.08 Å². The van der Waals surface area contributed by atoms with Crippen molar-refractivity contribution in [3.8, 4) is 0 Å². The predicted octanol–water partition coefficient (Wildman–Crippen LogP) is 3.14. The predicted molar refractivity (Wildman–Crippen MR) is 57.5 cm³/mol. The fraction of sp³-hybridized carbons (Fsp3) is 0.417. The third-order valence-electron chi connectivity index (χ3n) is 2.05. The second-order valence-electron chi connectivity index (χ2n) is 4.32. The molecule has 1 rings (SSSR count). The lowest BCUT2D eigenvalue weighted by atomic mass is 9.87. The zero-order valence-electron chi connectivity index (χ0n) is 8.87. The summed E-state index contributed by atoms with van der Waals surface area (Å²) in [5, 5.41) is 0. The summed E-state index contributed by atoms with van der Waals surface area (Å²) in [6.07, 6.45) is 10.5. The highest BCUT2D eigenvalue weighted by atomic mass is 16.1. The minimum Gasteiger partial charge on any atom is -0.211 e. The Morgan fingerprint density at radius 2 is 2.14 bits per heavy atom. The summed E-state index contributed by atoms with van der Waals surface area (Å²) in [4.78, 5) is 14.1. The second kappa shape index (κ2) is 4.21. The Hall–Kier alpha value is -1.40. The van der Waals surface area contributed by atoms with Crippen LogP contribution in [0.25, 0.3) is 0 Å². The molecule has 1 aliphatic rings. The molecule has 0 amide bonds. The summed E-state index contributed by atoms with van der Waals surface area (Å²) in [5.74, 6) is 0. The van der Waals surface area contributed by atoms with Crippen LogP contribution >= 0.6 is 0 Å². The largest absolute Gasteiger partial charge is 0.240 e. The number of hydrogen-bond acceptors (Lipinski definition) is 2. The van der Waals surface area contributed by atoms with Crippen molar-refractivity contribution in [1.82, 2.24) is 0 Å². The molecule has 0 saturated carbocycles. The highest BCUT2D eigenvalue weighted by Gasteiger charge is 2.20. The van der Waals surface area contributed by atoms with Crippen LogP contribution in [0.2, 0.25) is 0 Å². The summed E-state index contributed by atoms with van der Waals surface area (Å²) in [5.41, 5.74) is 1.82. The molecule has 0 spiro atoms. The summed E-state index contributed by atoms with van der Waals surface area (Å²) >= 11 is 0. The maximum atomic E-state index is 10.3. The van der Waals surface area contributed by atoms with Gasteiger partial charge in [0.05, 0.1) is 5.70 Å². The molecule has 0 atom stereocenters. The van der Waals surface area contributed by atoms with Crippen molar-refractivity contribution < 1.29 is 4.79 Å². The molecular formula is C12H15NO. The number of carbonyl (C=O) groups excluding carboxylic acids is 1. The SMILES string of the molecule is CC(C)(C)/C(N=C=O)=C1\C=CC=CC1. The second-order valence-corrected chi connectivity index (χ2v) is 4.32. The average molecular weight is 189 g/mol. The molecule has 0 aromatic carbocycles. The fourth-order valence-corrected chi connectivity index (χ4v) is 1.46. The Labute approximate surface area is 84.7 Å². The van der Waals surface area contributed by atoms with Gasteiger partial charge in [-0.2, -0.15) is 4.99 Å². The van der Waals surface area contributed by atoms with Crippen molar-refractivity contribution in [2.24, 2.45) is 10.4 Å². The number of isocyanates is 1. The van der Waals surface area contributed by atoms with Crippen LogP contribution < -0.4 is 0 Å². The average Bonchev–Trinajstić information content (AvgIpc) is 2.14. The number of aliphatic imine (C=N–C) groups is 1. The first kappa shape index (κ1) is 10.7. The summed E-state index contributed by atoms with van der Waals surface area (Å²) in [7, 11) is 0. The van der Waals surface area contributed by atoms with E-state index in [1.165, 1.54) is 0 Å². The molecule has 0 N–H and O–H groups in total. The smallest absolute Gasteiger partial charge is 0.211 e. The monoisotopic (exact) mass is 189 g/mol. The van der Waals surface area contributed by atoms with E-state index in [0.717, 1.165) is 17.7 Å². The van der Waals surface area contributed by atoms with E-state index in [1.54, 1.807) is 6.08 Å². The van der Waals surface area contributed by atoms with Crippen LogP contribution in [0.1, 0.15) is 27.2 Å². The maximum absolute atomic E-state index is 10.3. The summed E-state index contributed by atoms with van der Waals surface area (Å²) in [6, 6.07) is 0. The minimum absolute atomic E-state index is 0.109. The molecule has 0 saturated heterocycles. The molecule has 14 heavy (non-hydrogen) atoms. The molecule has 0 aromatic heterocycles. The van der Waals surface area contributed by atoms with Gasteiger partial charge in [-0.25, -0.2) is 4.79 Å². The van der Waals surface area contributed by atoms with E-state index in [4.69, 9.17) is 0 Å². The Morgan fingerprint density at radius 1 is 1.43 bits per heavy atom. The van der Waals surface area contributed by atoms with E-state index in [2.05, 4.69) is 11.1 Å². The van der Waals surface area contributed by atoms with Gasteiger partial charge >= 0.3 is 0 Å². The molecule has 74 valence electrons. The Bertz CT molecular complexity index is 347. The van der Waals surface area contributed by atoms with Gasteiger partial charge in [-0.3, -0.25) is 0 Å². The zero-order valence-corrected chi connectivity index (χ0v) is 8.87. The van der Waals surface area contributed by atoms with E-state index in [1.807, 2.05) is 39.0 Å². The molecule has 2 nitrogen and oxygen atoms in total. The molecule has 1 aliphatic carbocycles. The van der Waals surface area contributed by atoms with E-state index in [9.17, 15) is 4.79 Å². The summed E-state index contributed by atoms with van der Waals surface area (Å²) < 4.78 is 0. The van der Waals surface area contributed by atoms with E-state index >= 15 is 0 Å². The first-order chi connectivity index (χ1) is 6.55. The number of allylic oxidation sites excluding steroid dienone is 6. The Kier molecular flexibility index (Phi) is 3.21. The van der Waals surface area contributed by atoms with Gasteiger partial charge in [-0.15, -0.1) is 0 Å². The molecule has 0 aromatic rings. The van der Waals surface area contributed by atoms with E-state index < -0.39 is 0 Å². The van der Waals surface area contributed by atoms with Gasteiger partial charge in [-0.05, 0) is 12.0 Å². The fourth-order valence-electron chi connectivity index (χ4n) is 1.46. The van der Waals surface area contributed by atoms with Crippen molar-refractivity contribution >= 4 is 6.08 Å². The van der Waals surface area contributed by atoms with Crippen LogP contribution in [0.15, 0.2) is 40.6 Å². The normalized spacial score (nSPS) is 19.1. The summed E-state index contributed by atoms with van der Waals surface area (Å²) in [6.45, 7) is 6.13. The highest BCUT2D eigenvalue weighted by Crippen LogP contribution is 2.31. The standard InChI is InChI=1S/C12H15NO/c1-12(2,3)11(13-9-14)10-7-5-4-6-8-10/h4-7H,8H2,1-3H3/b11-10-. The quantitative estimate of drug-likeness (QED) is 0.460. The third kappa shape index (κ3) is 2.54. The van der Waals surface area contributed by atoms with Gasteiger partial charge in [0, 0.05) is 5.41 Å². The van der Waals surface area contributed by atoms with Gasteiger partial charge in [0.25, 0.3) is 0 Å². The van der Waals surface area contributed by atoms with Crippen LogP contribution in [-0.2, 0) is 4.79 Å². The first-order valence-corrected chi connectivity index (χ1v) is 4.70. The molecule has 0 unspecified atom stereocenters. The first-order valence-electron chi connectivity index (χ1n) is 4.70. The van der Waals surface area contributed by atoms with Crippen molar-refractivity contribution in [1.29, 1.82) is 0 Å². The minimum atomic E-state index is -0.109. The highest BCUT2D eigenvalue weighted by molar-refractivity contribution is 5.43. The number of hydrogen-bond donors (Lipinski definition) is 0. The molecule has 0 fully saturated rings. The van der Waals surface area contributed by atoms with Gasteiger partial charge in [-0.1, -0.05) is 45.1 Å². The van der Waals surface area contributed by atoms with Crippen LogP contribution in [0.5, 0.6) is 0 Å². The lowest BCUT2D eigenvalue weighted by Gasteiger charge is -2.21. The van der Waals surface area contributed by atoms with Crippen LogP contribution in [0, 0.1) is 5.41 Å². The van der Waals surface area contributed by atoms with Crippen molar-refractivity contribution in [3.63, 3.8) is 0 Å². The Morgan fingerprint density at radius 3 is 2.57 bits per heavy atom. The molecule has 0 bridgehead atoms. The Balaban J connectivity index is 3.15. The maximum Gasteiger partial charge on any atom is 0.240 e. The van der Waals surface area contributed by atoms with Crippen molar-refractivity contribution in [2.75, 3.05) is 0 Å². The molecule has 0 heterocycles. The van der Waals surface area contributed by atoms with Crippen LogP contribution in [0.3, 0.4) is 0 Å². The topological polar surface area (TPSA) is 29.4 Å². The van der Waals surface area contributed by atoms with Gasteiger partial charge in [0.2, 0.25) is 6.08 Å². The lowest BCUT2D eigenvalue weighted by molar-refractivity contribution is 0.489. The van der Waals surface area contributed by atoms with Gasteiger partial charge in [0.1, 0.15) is 0 Å². The number of rotatable bonds is 1. The number of nitrogens with zero attached hydrogens (tertiary/aromatic N) is 1. The van der Waals surface area contributed by atoms with E-state index in [0.29, 0.717) is 0 Å². The third-order valence-corrected chi connectivity index (χ3v) is 2.05. The molecular weight excluding hydrogens is 174 g/mol. The zero-order chi connectivity index (χ0) is 10.6. The van der Waals surface area contributed by atoms with Crippen molar-refractivity contribution in [3.05, 3.63) is 35.6 Å². The van der Waals surface area contributed by atoms with Crippen LogP contribution in [0.4, 0.5) is 0 Å². The molecule has 0 radical (unpaired) electrons. The van der Waals surface area contributed by atoms with E-state index in [-0.39, 0.29) is 5.41 Å². The lowest BCUT2D eigenvalue weighted by Crippen LogP contribution is -2.10.